The molecule has 1 saturated heterocycles. The second kappa shape index (κ2) is 10.5. The number of carboxylic acids is 1. The number of ether oxygens (including phenoxy) is 2. The van der Waals surface area contributed by atoms with Gasteiger partial charge in [0.25, 0.3) is 5.56 Å². The standard InChI is InChI=1S/C16H22FN5O11/c17-5-2-22(16(31)21-11(5)26)13-9(25)8(24)10(33-13)7(14(28)29)20-12(27)6(18)1-4(23)3-32-15(19)30/h2,4,6-10,13,23-25H,1,3,18H2,(H2,19,30)(H,20,27)(H,28,29)(H,21,26,31)/t4-,6+,7+,8+,9-,10-,13-/m1/s1. The first-order valence-corrected chi connectivity index (χ1v) is 9.25. The molecule has 184 valence electrons. The molecule has 0 aromatic carbocycles. The third-order valence-electron chi connectivity index (χ3n) is 4.65. The number of aromatic nitrogens is 2. The second-order valence-electron chi connectivity index (χ2n) is 7.07. The molecule has 2 rings (SSSR count). The van der Waals surface area contributed by atoms with Gasteiger partial charge in [0.1, 0.15) is 24.9 Å². The summed E-state index contributed by atoms with van der Waals surface area (Å²) in [6, 6.07) is -3.52. The van der Waals surface area contributed by atoms with Gasteiger partial charge in [0, 0.05) is 6.42 Å². The van der Waals surface area contributed by atoms with Gasteiger partial charge in [0.05, 0.1) is 18.3 Å². The molecule has 0 radical (unpaired) electrons. The number of hydrogen-bond donors (Lipinski definition) is 8. The molecule has 33 heavy (non-hydrogen) atoms. The quantitative estimate of drug-likeness (QED) is 0.165. The maximum absolute atomic E-state index is 13.6. The summed E-state index contributed by atoms with van der Waals surface area (Å²) in [5.74, 6) is -4.28. The van der Waals surface area contributed by atoms with Crippen LogP contribution in [0.5, 0.6) is 0 Å². The summed E-state index contributed by atoms with van der Waals surface area (Å²) in [4.78, 5) is 59.2. The van der Waals surface area contributed by atoms with Crippen LogP contribution >= 0.6 is 0 Å². The summed E-state index contributed by atoms with van der Waals surface area (Å²) < 4.78 is 23.5. The minimum atomic E-state index is -2.01. The Morgan fingerprint density at radius 1 is 1.30 bits per heavy atom. The van der Waals surface area contributed by atoms with Gasteiger partial charge in [-0.1, -0.05) is 0 Å². The third kappa shape index (κ3) is 6.11. The lowest BCUT2D eigenvalue weighted by molar-refractivity contribution is -0.149. The molecule has 0 unspecified atom stereocenters. The van der Waals surface area contributed by atoms with Crippen molar-refractivity contribution in [1.29, 1.82) is 0 Å². The predicted molar refractivity (Wildman–Crippen MR) is 101 cm³/mol. The summed E-state index contributed by atoms with van der Waals surface area (Å²) in [5.41, 5.74) is 7.76. The van der Waals surface area contributed by atoms with Crippen LogP contribution in [0.15, 0.2) is 15.8 Å². The number of rotatable bonds is 9. The molecule has 2 heterocycles. The first-order valence-electron chi connectivity index (χ1n) is 9.25. The molecule has 17 heteroatoms. The smallest absolute Gasteiger partial charge is 0.404 e. The van der Waals surface area contributed by atoms with Crippen molar-refractivity contribution in [1.82, 2.24) is 14.9 Å². The topological polar surface area (TPSA) is 270 Å². The predicted octanol–water partition coefficient (Wildman–Crippen LogP) is -4.96. The molecule has 1 aromatic rings. The van der Waals surface area contributed by atoms with Crippen molar-refractivity contribution in [3.8, 4) is 0 Å². The van der Waals surface area contributed by atoms with E-state index >= 15 is 0 Å². The van der Waals surface area contributed by atoms with E-state index in [2.05, 4.69) is 4.74 Å². The number of carbonyl (C=O) groups excluding carboxylic acids is 2. The minimum absolute atomic E-state index is 0.393. The number of nitrogens with one attached hydrogen (secondary N) is 2. The molecule has 1 fully saturated rings. The van der Waals surface area contributed by atoms with Crippen LogP contribution < -0.4 is 28.0 Å². The molecular formula is C16H22FN5O11. The average molecular weight is 479 g/mol. The lowest BCUT2D eigenvalue weighted by Gasteiger charge is -2.25. The van der Waals surface area contributed by atoms with Gasteiger partial charge in [-0.3, -0.25) is 19.1 Å². The number of nitrogens with zero attached hydrogens (tertiary/aromatic N) is 1. The maximum atomic E-state index is 13.6. The zero-order valence-electron chi connectivity index (χ0n) is 16.7. The van der Waals surface area contributed by atoms with Crippen LogP contribution in [-0.2, 0) is 19.1 Å². The number of hydrogen-bond acceptors (Lipinski definition) is 11. The van der Waals surface area contributed by atoms with Crippen molar-refractivity contribution in [3.05, 3.63) is 32.9 Å². The van der Waals surface area contributed by atoms with Crippen LogP contribution in [-0.4, -0.2) is 91.1 Å². The van der Waals surface area contributed by atoms with Gasteiger partial charge in [-0.25, -0.2) is 14.4 Å². The Morgan fingerprint density at radius 2 is 1.94 bits per heavy atom. The van der Waals surface area contributed by atoms with Gasteiger partial charge in [0.15, 0.2) is 12.3 Å². The van der Waals surface area contributed by atoms with E-state index < -0.39 is 90.8 Å². The number of primary amides is 1. The number of carboxylic acid groups (broad SMARTS) is 1. The molecule has 1 aliphatic rings. The third-order valence-corrected chi connectivity index (χ3v) is 4.65. The average Bonchev–Trinajstić information content (AvgIpc) is 3.01. The number of aliphatic hydroxyl groups excluding tert-OH is 3. The zero-order valence-corrected chi connectivity index (χ0v) is 16.7. The molecule has 7 atom stereocenters. The monoisotopic (exact) mass is 479 g/mol. The van der Waals surface area contributed by atoms with Crippen molar-refractivity contribution in [2.24, 2.45) is 11.5 Å². The SMILES string of the molecule is NC(=O)OC[C@H](O)C[C@H](N)C(=O)N[C@H](C(=O)O)[C@H]1O[C@@H](n2cc(F)c(=O)[nH]c2=O)[C@H](O)[C@@H]1O. The summed E-state index contributed by atoms with van der Waals surface area (Å²) in [6.07, 6.45) is -10.3. The molecule has 10 N–H and O–H groups in total. The van der Waals surface area contributed by atoms with Gasteiger partial charge in [-0.05, 0) is 0 Å². The van der Waals surface area contributed by atoms with Gasteiger partial charge in [0.2, 0.25) is 11.7 Å². The number of nitrogens with two attached hydrogens (primary N) is 2. The van der Waals surface area contributed by atoms with Gasteiger partial charge in [-0.2, -0.15) is 4.39 Å². The Balaban J connectivity index is 2.15. The first kappa shape index (κ1) is 25.9. The number of carbonyl (C=O) groups is 3. The van der Waals surface area contributed by atoms with E-state index in [1.807, 2.05) is 5.32 Å². The highest BCUT2D eigenvalue weighted by Gasteiger charge is 2.50. The maximum Gasteiger partial charge on any atom is 0.404 e. The van der Waals surface area contributed by atoms with Gasteiger partial charge >= 0.3 is 17.8 Å². The van der Waals surface area contributed by atoms with Crippen LogP contribution in [0.3, 0.4) is 0 Å². The van der Waals surface area contributed by atoms with Gasteiger partial charge in [-0.15, -0.1) is 0 Å². The van der Waals surface area contributed by atoms with E-state index in [4.69, 9.17) is 16.2 Å². The fourth-order valence-corrected chi connectivity index (χ4v) is 3.03. The van der Waals surface area contributed by atoms with E-state index in [1.54, 1.807) is 4.98 Å². The summed E-state index contributed by atoms with van der Waals surface area (Å²) >= 11 is 0. The highest BCUT2D eigenvalue weighted by Crippen LogP contribution is 2.30. The number of aliphatic carboxylic acids is 1. The minimum Gasteiger partial charge on any atom is -0.480 e. The van der Waals surface area contributed by atoms with Crippen molar-refractivity contribution in [2.75, 3.05) is 6.61 Å². The lowest BCUT2D eigenvalue weighted by atomic mass is 10.0. The van der Waals surface area contributed by atoms with Crippen LogP contribution in [0.1, 0.15) is 12.6 Å². The Labute approximate surface area is 182 Å². The fourth-order valence-electron chi connectivity index (χ4n) is 3.03. The number of amides is 2. The number of halogens is 1. The Hall–Kier alpha value is -3.38. The number of aliphatic hydroxyl groups is 3. The van der Waals surface area contributed by atoms with Crippen LogP contribution in [0.2, 0.25) is 0 Å². The van der Waals surface area contributed by atoms with E-state index in [0.29, 0.717) is 10.8 Å². The molecule has 16 nitrogen and oxygen atoms in total. The largest absolute Gasteiger partial charge is 0.480 e. The molecule has 1 aliphatic heterocycles. The highest BCUT2D eigenvalue weighted by atomic mass is 19.1. The fraction of sp³-hybridized carbons (Fsp3) is 0.562. The van der Waals surface area contributed by atoms with Crippen LogP contribution in [0.4, 0.5) is 9.18 Å². The van der Waals surface area contributed by atoms with Crippen molar-refractivity contribution < 1.29 is 48.7 Å². The van der Waals surface area contributed by atoms with Crippen molar-refractivity contribution >= 4 is 18.0 Å². The molecule has 0 saturated carbocycles. The Morgan fingerprint density at radius 3 is 2.52 bits per heavy atom. The van der Waals surface area contributed by atoms with Gasteiger partial charge < -0.3 is 46.7 Å². The van der Waals surface area contributed by atoms with Crippen LogP contribution in [0.25, 0.3) is 0 Å². The molecule has 0 spiro atoms. The van der Waals surface area contributed by atoms with Crippen molar-refractivity contribution in [3.63, 3.8) is 0 Å². The molecular weight excluding hydrogens is 457 g/mol. The number of H-pyrrole nitrogens is 1. The summed E-state index contributed by atoms with van der Waals surface area (Å²) in [6.45, 7) is -0.582. The van der Waals surface area contributed by atoms with E-state index in [-0.39, 0.29) is 0 Å². The Bertz CT molecular complexity index is 1010. The molecule has 2 amide bonds. The molecule has 0 aliphatic carbocycles. The molecule has 1 aromatic heterocycles. The normalized spacial score (nSPS) is 25.1. The second-order valence-corrected chi connectivity index (χ2v) is 7.07. The Kier molecular flexibility index (Phi) is 8.23. The zero-order chi connectivity index (χ0) is 25.0. The van der Waals surface area contributed by atoms with Crippen molar-refractivity contribution in [2.45, 2.75) is 49.1 Å². The lowest BCUT2D eigenvalue weighted by Crippen LogP contribution is -2.56. The summed E-state index contributed by atoms with van der Waals surface area (Å²) in [7, 11) is 0. The highest BCUT2D eigenvalue weighted by molar-refractivity contribution is 5.87. The first-order chi connectivity index (χ1) is 15.3. The van der Waals surface area contributed by atoms with E-state index in [0.717, 1.165) is 0 Å². The summed E-state index contributed by atoms with van der Waals surface area (Å²) in [5, 5.41) is 41.5. The van der Waals surface area contributed by atoms with E-state index in [9.17, 15) is 48.8 Å². The molecule has 0 bridgehead atoms. The van der Waals surface area contributed by atoms with Crippen LogP contribution in [0, 0.1) is 5.82 Å². The number of aromatic amines is 1. The van der Waals surface area contributed by atoms with E-state index in [1.165, 1.54) is 0 Å².